The molecule has 1 aliphatic rings. The van der Waals surface area contributed by atoms with Gasteiger partial charge in [0.25, 0.3) is 17.7 Å². The molecule has 2 aromatic rings. The van der Waals surface area contributed by atoms with Crippen molar-refractivity contribution in [1.82, 2.24) is 16.1 Å². The number of hydrazone groups is 1. The molecular formula is C38H55N7O8Si. The van der Waals surface area contributed by atoms with Crippen LogP contribution in [-0.4, -0.2) is 87.5 Å². The van der Waals surface area contributed by atoms with Crippen LogP contribution in [0.2, 0.25) is 16.6 Å². The van der Waals surface area contributed by atoms with Crippen molar-refractivity contribution in [2.24, 2.45) is 10.8 Å². The summed E-state index contributed by atoms with van der Waals surface area (Å²) in [4.78, 5) is 82.4. The second-order valence-electron chi connectivity index (χ2n) is 15.1. The van der Waals surface area contributed by atoms with E-state index in [4.69, 9.17) is 14.9 Å². The molecule has 5 N–H and O–H groups in total. The van der Waals surface area contributed by atoms with Crippen LogP contribution >= 0.6 is 0 Å². The summed E-state index contributed by atoms with van der Waals surface area (Å²) in [7, 11) is -2.47. The predicted molar refractivity (Wildman–Crippen MR) is 209 cm³/mol. The summed E-state index contributed by atoms with van der Waals surface area (Å²) in [6.07, 6.45) is 0.756. The van der Waals surface area contributed by atoms with Crippen LogP contribution in [-0.2, 0) is 28.3 Å². The second-order valence-corrected chi connectivity index (χ2v) is 20.6. The third kappa shape index (κ3) is 11.5. The van der Waals surface area contributed by atoms with Gasteiger partial charge in [0.15, 0.2) is 0 Å². The molecule has 1 heterocycles. The van der Waals surface area contributed by atoms with Crippen molar-refractivity contribution in [3.05, 3.63) is 60.2 Å². The zero-order chi connectivity index (χ0) is 40.4. The minimum Gasteiger partial charge on any atom is -0.460 e. The van der Waals surface area contributed by atoms with E-state index in [2.05, 4.69) is 57.3 Å². The van der Waals surface area contributed by atoms with Gasteiger partial charge >= 0.3 is 12.0 Å². The molecule has 294 valence electrons. The highest BCUT2D eigenvalue weighted by Crippen LogP contribution is 2.42. The summed E-state index contributed by atoms with van der Waals surface area (Å²) in [5, 5.41) is 9.13. The highest BCUT2D eigenvalue weighted by atomic mass is 28.4. The molecule has 0 saturated carbocycles. The number of amides is 6. The number of para-hydroxylation sites is 2. The number of nitrogens with one attached hydrogen (secondary N) is 3. The summed E-state index contributed by atoms with van der Waals surface area (Å²) >= 11 is 0. The third-order valence-corrected chi connectivity index (χ3v) is 15.1. The molecule has 1 aliphatic heterocycles. The molecule has 0 aromatic heterocycles. The quantitative estimate of drug-likeness (QED) is 0.0893. The number of anilines is 2. The minimum absolute atomic E-state index is 0.214. The number of nitrogens with two attached hydrogens (primary N) is 1. The number of fused-ring (bicyclic) bond motifs is 1. The van der Waals surface area contributed by atoms with Gasteiger partial charge in [0.1, 0.15) is 24.8 Å². The number of hydrogen-bond acceptors (Lipinski definition) is 9. The Kier molecular flexibility index (Phi) is 15.1. The van der Waals surface area contributed by atoms with Crippen LogP contribution in [0.25, 0.3) is 0 Å². The molecule has 6 amide bonds. The summed E-state index contributed by atoms with van der Waals surface area (Å²) in [6.45, 7) is 16.7. The molecule has 0 saturated heterocycles. The number of ether oxygens (including phenoxy) is 1. The van der Waals surface area contributed by atoms with E-state index in [1.165, 1.54) is 9.80 Å². The first-order valence-electron chi connectivity index (χ1n) is 18.1. The average Bonchev–Trinajstić information content (AvgIpc) is 3.18. The number of primary amides is 1. The molecule has 2 aromatic carbocycles. The fourth-order valence-corrected chi connectivity index (χ4v) is 12.4. The third-order valence-electron chi connectivity index (χ3n) is 9.07. The number of carbonyl (C=O) groups is 6. The van der Waals surface area contributed by atoms with Crippen molar-refractivity contribution < 1.29 is 37.9 Å². The summed E-state index contributed by atoms with van der Waals surface area (Å²) in [5.41, 5.74) is 7.85. The van der Waals surface area contributed by atoms with Crippen LogP contribution < -0.4 is 31.6 Å². The molecule has 2 atom stereocenters. The van der Waals surface area contributed by atoms with E-state index >= 15 is 0 Å². The van der Waals surface area contributed by atoms with Crippen LogP contribution in [0.3, 0.4) is 0 Å². The van der Waals surface area contributed by atoms with Crippen molar-refractivity contribution in [3.63, 3.8) is 0 Å². The fraction of sp³-hybridized carbons (Fsp3) is 0.500. The minimum atomic E-state index is -2.47. The number of nitrogens with zero attached hydrogens (tertiary/aromatic N) is 3. The zero-order valence-corrected chi connectivity index (χ0v) is 33.7. The van der Waals surface area contributed by atoms with Gasteiger partial charge in [-0.1, -0.05) is 71.9 Å². The number of esters is 1. The van der Waals surface area contributed by atoms with Gasteiger partial charge in [-0.3, -0.25) is 28.9 Å². The lowest BCUT2D eigenvalue weighted by molar-refractivity contribution is -0.155. The highest BCUT2D eigenvalue weighted by molar-refractivity contribution is 6.77. The van der Waals surface area contributed by atoms with Crippen LogP contribution in [0.1, 0.15) is 79.1 Å². The van der Waals surface area contributed by atoms with Gasteiger partial charge in [0.05, 0.1) is 30.4 Å². The Bertz CT molecular complexity index is 1670. The van der Waals surface area contributed by atoms with Crippen molar-refractivity contribution in [2.45, 2.75) is 103 Å². The Morgan fingerprint density at radius 1 is 0.926 bits per heavy atom. The number of hydrogen-bond donors (Lipinski definition) is 4. The maximum absolute atomic E-state index is 14.4. The first-order valence-corrected chi connectivity index (χ1v) is 20.2. The van der Waals surface area contributed by atoms with Gasteiger partial charge in [-0.05, 0) is 61.7 Å². The van der Waals surface area contributed by atoms with E-state index in [0.29, 0.717) is 11.3 Å². The predicted octanol–water partition coefficient (Wildman–Crippen LogP) is 4.23. The smallest absolute Gasteiger partial charge is 0.332 e. The Morgan fingerprint density at radius 2 is 1.50 bits per heavy atom. The molecule has 0 fully saturated rings. The van der Waals surface area contributed by atoms with Crippen LogP contribution in [0.5, 0.6) is 0 Å². The van der Waals surface area contributed by atoms with E-state index in [9.17, 15) is 28.8 Å². The summed E-state index contributed by atoms with van der Waals surface area (Å²) in [5.74, 6) is -2.98. The van der Waals surface area contributed by atoms with Gasteiger partial charge < -0.3 is 30.4 Å². The van der Waals surface area contributed by atoms with Gasteiger partial charge in [-0.15, -0.1) is 0 Å². The van der Waals surface area contributed by atoms with Crippen LogP contribution in [0.4, 0.5) is 16.2 Å². The molecular weight excluding hydrogens is 711 g/mol. The van der Waals surface area contributed by atoms with Gasteiger partial charge in [0.2, 0.25) is 14.2 Å². The lowest BCUT2D eigenvalue weighted by atomic mass is 10.1. The lowest BCUT2D eigenvalue weighted by Crippen LogP contribution is -2.55. The van der Waals surface area contributed by atoms with Gasteiger partial charge in [0, 0.05) is 11.8 Å². The SMILES string of the molecule is CC(C)[Si](OCC(=O)N1C[C@H](NC(=O)c2ccccc2)C(=O)N(CC(=O)N[C@H](/C=N/NC(N)=O)CC(=O)OC(C)(C)C)c2ccccc21)(C(C)C)C(C)C. The monoisotopic (exact) mass is 765 g/mol. The van der Waals surface area contributed by atoms with Crippen molar-refractivity contribution >= 4 is 61.5 Å². The van der Waals surface area contributed by atoms with E-state index in [0.717, 1.165) is 6.21 Å². The number of carbonyl (C=O) groups excluding carboxylic acids is 6. The van der Waals surface area contributed by atoms with E-state index in [-0.39, 0.29) is 41.9 Å². The molecule has 0 aliphatic carbocycles. The molecule has 3 rings (SSSR count). The van der Waals surface area contributed by atoms with Crippen molar-refractivity contribution in [3.8, 4) is 0 Å². The Hall–Kier alpha value is -5.09. The number of rotatable bonds is 15. The Balaban J connectivity index is 2.02. The Morgan fingerprint density at radius 3 is 2.06 bits per heavy atom. The topological polar surface area (TPSA) is 202 Å². The molecule has 0 spiro atoms. The maximum atomic E-state index is 14.4. The van der Waals surface area contributed by atoms with Crippen LogP contribution in [0, 0.1) is 0 Å². The average molecular weight is 766 g/mol. The van der Waals surface area contributed by atoms with Gasteiger partial charge in [-0.25, -0.2) is 10.2 Å². The first kappa shape index (κ1) is 43.3. The van der Waals surface area contributed by atoms with E-state index < -0.39 is 68.2 Å². The first-order chi connectivity index (χ1) is 25.3. The number of benzene rings is 2. The molecule has 54 heavy (non-hydrogen) atoms. The lowest BCUT2D eigenvalue weighted by Gasteiger charge is -2.42. The Labute approximate surface area is 318 Å². The highest BCUT2D eigenvalue weighted by Gasteiger charge is 2.46. The molecule has 0 radical (unpaired) electrons. The van der Waals surface area contributed by atoms with Crippen molar-refractivity contribution in [1.29, 1.82) is 0 Å². The van der Waals surface area contributed by atoms with Crippen LogP contribution in [0.15, 0.2) is 59.7 Å². The fourth-order valence-electron chi connectivity index (χ4n) is 6.98. The molecule has 16 heteroatoms. The van der Waals surface area contributed by atoms with Gasteiger partial charge in [-0.2, -0.15) is 5.10 Å². The maximum Gasteiger partial charge on any atom is 0.332 e. The summed E-state index contributed by atoms with van der Waals surface area (Å²) in [6, 6.07) is 11.7. The molecule has 0 unspecified atom stereocenters. The van der Waals surface area contributed by atoms with Crippen molar-refractivity contribution in [2.75, 3.05) is 29.5 Å². The van der Waals surface area contributed by atoms with E-state index in [1.807, 2.05) is 5.43 Å². The summed E-state index contributed by atoms with van der Waals surface area (Å²) < 4.78 is 12.0. The normalized spacial score (nSPS) is 15.6. The zero-order valence-electron chi connectivity index (χ0n) is 32.7. The number of urea groups is 1. The molecule has 0 bridgehead atoms. The van der Waals surface area contributed by atoms with E-state index in [1.54, 1.807) is 75.4 Å². The molecule has 15 nitrogen and oxygen atoms in total. The second kappa shape index (κ2) is 18.8. The standard InChI is InChI=1S/C38H55N7O8Si/c1-24(2)54(25(3)4,26(5)6)52-23-33(47)44-21-29(42-35(49)27-15-11-10-12-16-27)36(50)45(31-18-14-13-17-30(31)44)22-32(46)41-28(20-40-43-37(39)51)19-34(48)53-38(7,8)9/h10-18,20,24-26,28-29H,19,21-23H2,1-9H3,(H,41,46)(H,42,49)(H3,39,43,51)/b40-20+/t28-,29-/m0/s1. The largest absolute Gasteiger partial charge is 0.460 e.